The average Bonchev–Trinajstić information content (AvgIpc) is 3.11. The molecule has 2 saturated carbocycles. The summed E-state index contributed by atoms with van der Waals surface area (Å²) in [6.07, 6.45) is 10.9. The number of aliphatic hydroxyl groups is 1. The van der Waals surface area contributed by atoms with E-state index in [4.69, 9.17) is 0 Å². The third kappa shape index (κ3) is 2.45. The molecular formula is C14H23N3O. The van der Waals surface area contributed by atoms with Crippen molar-refractivity contribution in [2.75, 3.05) is 7.05 Å². The van der Waals surface area contributed by atoms with E-state index < -0.39 is 0 Å². The molecule has 0 aliphatic heterocycles. The summed E-state index contributed by atoms with van der Waals surface area (Å²) in [5.41, 5.74) is 1.29. The highest BCUT2D eigenvalue weighted by Crippen LogP contribution is 2.36. The highest BCUT2D eigenvalue weighted by molar-refractivity contribution is 5.04. The zero-order valence-electron chi connectivity index (χ0n) is 11.1. The second-order valence-corrected chi connectivity index (χ2v) is 5.86. The smallest absolute Gasteiger partial charge is 0.0951 e. The van der Waals surface area contributed by atoms with Crippen LogP contribution in [-0.2, 0) is 6.54 Å². The molecule has 0 bridgehead atoms. The molecule has 2 aliphatic carbocycles. The SMILES string of the molecule is CN(Cc1cncn1C1CC1)C1CCCCC1O. The monoisotopic (exact) mass is 249 g/mol. The van der Waals surface area contributed by atoms with Crippen LogP contribution in [0.4, 0.5) is 0 Å². The van der Waals surface area contributed by atoms with Crippen molar-refractivity contribution in [2.45, 2.75) is 63.3 Å². The standard InChI is InChI=1S/C14H23N3O/c1-16(13-4-2-3-5-14(13)18)9-12-8-15-10-17(12)11-6-7-11/h8,10-11,13-14,18H,2-7,9H2,1H3. The number of rotatable bonds is 4. The van der Waals surface area contributed by atoms with E-state index in [0.29, 0.717) is 12.1 Å². The molecule has 1 heterocycles. The molecule has 1 aromatic rings. The van der Waals surface area contributed by atoms with Crippen molar-refractivity contribution in [2.24, 2.45) is 0 Å². The molecule has 0 amide bonds. The Balaban J connectivity index is 1.65. The van der Waals surface area contributed by atoms with Crippen molar-refractivity contribution in [1.82, 2.24) is 14.5 Å². The maximum absolute atomic E-state index is 10.1. The van der Waals surface area contributed by atoms with Gasteiger partial charge in [-0.05, 0) is 32.7 Å². The lowest BCUT2D eigenvalue weighted by Crippen LogP contribution is -2.43. The van der Waals surface area contributed by atoms with Crippen LogP contribution in [0.2, 0.25) is 0 Å². The molecule has 0 radical (unpaired) electrons. The van der Waals surface area contributed by atoms with Gasteiger partial charge in [0.25, 0.3) is 0 Å². The number of imidazole rings is 1. The molecule has 100 valence electrons. The lowest BCUT2D eigenvalue weighted by Gasteiger charge is -2.35. The molecule has 18 heavy (non-hydrogen) atoms. The normalized spacial score (nSPS) is 28.8. The summed E-state index contributed by atoms with van der Waals surface area (Å²) in [6.45, 7) is 0.901. The van der Waals surface area contributed by atoms with Gasteiger partial charge >= 0.3 is 0 Å². The maximum Gasteiger partial charge on any atom is 0.0951 e. The first-order valence-corrected chi connectivity index (χ1v) is 7.14. The van der Waals surface area contributed by atoms with Crippen molar-refractivity contribution in [1.29, 1.82) is 0 Å². The Morgan fingerprint density at radius 2 is 2.11 bits per heavy atom. The third-order valence-electron chi connectivity index (χ3n) is 4.36. The Labute approximate surface area is 109 Å². The molecular weight excluding hydrogens is 226 g/mol. The Bertz CT molecular complexity index is 399. The lowest BCUT2D eigenvalue weighted by atomic mass is 9.91. The summed E-state index contributed by atoms with van der Waals surface area (Å²) in [4.78, 5) is 6.58. The number of aromatic nitrogens is 2. The largest absolute Gasteiger partial charge is 0.391 e. The van der Waals surface area contributed by atoms with Crippen LogP contribution in [0, 0.1) is 0 Å². The van der Waals surface area contributed by atoms with Crippen LogP contribution in [0.1, 0.15) is 50.3 Å². The van der Waals surface area contributed by atoms with Crippen LogP contribution < -0.4 is 0 Å². The maximum atomic E-state index is 10.1. The van der Waals surface area contributed by atoms with Gasteiger partial charge in [-0.25, -0.2) is 4.98 Å². The van der Waals surface area contributed by atoms with Gasteiger partial charge in [0.15, 0.2) is 0 Å². The number of aliphatic hydroxyl groups excluding tert-OH is 1. The summed E-state index contributed by atoms with van der Waals surface area (Å²) in [7, 11) is 2.13. The molecule has 0 aromatic carbocycles. The molecule has 4 nitrogen and oxygen atoms in total. The van der Waals surface area contributed by atoms with Crippen molar-refractivity contribution in [3.8, 4) is 0 Å². The first kappa shape index (κ1) is 12.2. The van der Waals surface area contributed by atoms with E-state index >= 15 is 0 Å². The minimum Gasteiger partial charge on any atom is -0.391 e. The van der Waals surface area contributed by atoms with Crippen LogP contribution in [0.3, 0.4) is 0 Å². The first-order valence-electron chi connectivity index (χ1n) is 7.14. The second-order valence-electron chi connectivity index (χ2n) is 5.86. The van der Waals surface area contributed by atoms with Crippen molar-refractivity contribution < 1.29 is 5.11 Å². The lowest BCUT2D eigenvalue weighted by molar-refractivity contribution is 0.0279. The zero-order valence-corrected chi connectivity index (χ0v) is 11.1. The molecule has 1 N–H and O–H groups in total. The second kappa shape index (κ2) is 5.02. The number of likely N-dealkylation sites (N-methyl/N-ethyl adjacent to an activating group) is 1. The van der Waals surface area contributed by atoms with Gasteiger partial charge in [-0.2, -0.15) is 0 Å². The van der Waals surface area contributed by atoms with Gasteiger partial charge in [-0.1, -0.05) is 12.8 Å². The van der Waals surface area contributed by atoms with E-state index in [-0.39, 0.29) is 6.10 Å². The predicted molar refractivity (Wildman–Crippen MR) is 70.2 cm³/mol. The van der Waals surface area contributed by atoms with Crippen LogP contribution in [-0.4, -0.2) is 38.8 Å². The average molecular weight is 249 g/mol. The van der Waals surface area contributed by atoms with E-state index in [1.165, 1.54) is 31.4 Å². The molecule has 2 fully saturated rings. The molecule has 0 saturated heterocycles. The number of hydrogen-bond donors (Lipinski definition) is 1. The van der Waals surface area contributed by atoms with Gasteiger partial charge in [0.05, 0.1) is 18.1 Å². The molecule has 2 atom stereocenters. The Morgan fingerprint density at radius 3 is 2.83 bits per heavy atom. The highest BCUT2D eigenvalue weighted by Gasteiger charge is 2.29. The molecule has 4 heteroatoms. The summed E-state index contributed by atoms with van der Waals surface area (Å²) in [5.74, 6) is 0. The van der Waals surface area contributed by atoms with Gasteiger partial charge in [0.1, 0.15) is 0 Å². The van der Waals surface area contributed by atoms with Gasteiger partial charge in [0.2, 0.25) is 0 Å². The summed E-state index contributed by atoms with van der Waals surface area (Å²) < 4.78 is 2.31. The summed E-state index contributed by atoms with van der Waals surface area (Å²) >= 11 is 0. The third-order valence-corrected chi connectivity index (χ3v) is 4.36. The predicted octanol–water partition coefficient (Wildman–Crippen LogP) is 1.95. The quantitative estimate of drug-likeness (QED) is 0.887. The van der Waals surface area contributed by atoms with Gasteiger partial charge in [-0.15, -0.1) is 0 Å². The number of nitrogens with zero attached hydrogens (tertiary/aromatic N) is 3. The van der Waals surface area contributed by atoms with Crippen LogP contribution >= 0.6 is 0 Å². The van der Waals surface area contributed by atoms with Crippen LogP contribution in [0.15, 0.2) is 12.5 Å². The van der Waals surface area contributed by atoms with E-state index in [1.54, 1.807) is 0 Å². The first-order chi connectivity index (χ1) is 8.75. The summed E-state index contributed by atoms with van der Waals surface area (Å²) in [6, 6.07) is 1.01. The van der Waals surface area contributed by atoms with Crippen molar-refractivity contribution in [3.05, 3.63) is 18.2 Å². The topological polar surface area (TPSA) is 41.3 Å². The minimum atomic E-state index is -0.152. The van der Waals surface area contributed by atoms with E-state index in [9.17, 15) is 5.11 Å². The fourth-order valence-electron chi connectivity index (χ4n) is 3.11. The summed E-state index contributed by atoms with van der Waals surface area (Å²) in [5, 5.41) is 10.1. The van der Waals surface area contributed by atoms with E-state index in [0.717, 1.165) is 19.4 Å². The van der Waals surface area contributed by atoms with Crippen LogP contribution in [0.25, 0.3) is 0 Å². The van der Waals surface area contributed by atoms with Gasteiger partial charge < -0.3 is 9.67 Å². The molecule has 0 spiro atoms. The van der Waals surface area contributed by atoms with E-state index in [1.807, 2.05) is 12.5 Å². The Hall–Kier alpha value is -0.870. The van der Waals surface area contributed by atoms with Gasteiger partial charge in [0, 0.05) is 24.8 Å². The fraction of sp³-hybridized carbons (Fsp3) is 0.786. The highest BCUT2D eigenvalue weighted by atomic mass is 16.3. The van der Waals surface area contributed by atoms with E-state index in [2.05, 4.69) is 21.5 Å². The molecule has 3 rings (SSSR count). The zero-order chi connectivity index (χ0) is 12.5. The molecule has 2 unspecified atom stereocenters. The van der Waals surface area contributed by atoms with Crippen LogP contribution in [0.5, 0.6) is 0 Å². The number of hydrogen-bond acceptors (Lipinski definition) is 3. The molecule has 1 aromatic heterocycles. The molecule has 2 aliphatic rings. The van der Waals surface area contributed by atoms with Crippen molar-refractivity contribution >= 4 is 0 Å². The Kier molecular flexibility index (Phi) is 3.39. The minimum absolute atomic E-state index is 0.152. The fourth-order valence-corrected chi connectivity index (χ4v) is 3.11. The van der Waals surface area contributed by atoms with Crippen molar-refractivity contribution in [3.63, 3.8) is 0 Å². The Morgan fingerprint density at radius 1 is 1.33 bits per heavy atom. The van der Waals surface area contributed by atoms with Gasteiger partial charge in [-0.3, -0.25) is 4.90 Å².